The van der Waals surface area contributed by atoms with E-state index >= 15 is 0 Å². The lowest BCUT2D eigenvalue weighted by atomic mass is 10.2. The number of nitrogens with zero attached hydrogens (tertiary/aromatic N) is 4. The van der Waals surface area contributed by atoms with Gasteiger partial charge < -0.3 is 15.1 Å². The second-order valence-corrected chi connectivity index (χ2v) is 9.01. The molecule has 0 unspecified atom stereocenters. The zero-order chi connectivity index (χ0) is 23.3. The van der Waals surface area contributed by atoms with Gasteiger partial charge >= 0.3 is 0 Å². The minimum absolute atomic E-state index is 0.173. The first-order valence-electron chi connectivity index (χ1n) is 10.2. The highest BCUT2D eigenvalue weighted by Crippen LogP contribution is 2.20. The maximum Gasteiger partial charge on any atom is 0.240 e. The number of aryl methyl sites for hydroxylation is 2. The van der Waals surface area contributed by atoms with Gasteiger partial charge in [0.2, 0.25) is 10.0 Å². The molecule has 1 aromatic carbocycles. The van der Waals surface area contributed by atoms with Crippen LogP contribution in [0.3, 0.4) is 0 Å². The summed E-state index contributed by atoms with van der Waals surface area (Å²) in [5.41, 5.74) is 2.52. The van der Waals surface area contributed by atoms with E-state index in [1.54, 1.807) is 37.4 Å². The first kappa shape index (κ1) is 22.4. The normalized spacial score (nSPS) is 11.3. The average molecular weight is 466 g/mol. The molecule has 0 aliphatic heterocycles. The van der Waals surface area contributed by atoms with Crippen LogP contribution in [0.4, 0.5) is 17.5 Å². The van der Waals surface area contributed by atoms with E-state index < -0.39 is 10.0 Å². The zero-order valence-corrected chi connectivity index (χ0v) is 18.9. The van der Waals surface area contributed by atoms with Gasteiger partial charge in [0.15, 0.2) is 11.7 Å². The number of hydrogen-bond donors (Lipinski definition) is 3. The largest absolute Gasteiger partial charge is 0.449 e. The second-order valence-electron chi connectivity index (χ2n) is 7.25. The summed E-state index contributed by atoms with van der Waals surface area (Å²) in [5, 5.41) is 14.3. The molecule has 0 bridgehead atoms. The van der Waals surface area contributed by atoms with Crippen LogP contribution < -0.4 is 15.4 Å². The van der Waals surface area contributed by atoms with Gasteiger partial charge in [0.1, 0.15) is 23.6 Å². The van der Waals surface area contributed by atoms with Crippen LogP contribution in [-0.2, 0) is 10.0 Å². The number of oxazole rings is 1. The van der Waals surface area contributed by atoms with Gasteiger partial charge in [0, 0.05) is 31.8 Å². The molecule has 11 heteroatoms. The van der Waals surface area contributed by atoms with E-state index in [1.807, 2.05) is 19.1 Å². The molecule has 3 aromatic heterocycles. The van der Waals surface area contributed by atoms with Gasteiger partial charge in [-0.2, -0.15) is 0 Å². The van der Waals surface area contributed by atoms with Crippen LogP contribution >= 0.6 is 0 Å². The van der Waals surface area contributed by atoms with Gasteiger partial charge in [-0.1, -0.05) is 12.1 Å². The number of nitrogens with one attached hydrogen (secondary N) is 3. The summed E-state index contributed by atoms with van der Waals surface area (Å²) in [5.74, 6) is 2.33. The van der Waals surface area contributed by atoms with Crippen molar-refractivity contribution in [2.45, 2.75) is 18.7 Å². The van der Waals surface area contributed by atoms with Crippen molar-refractivity contribution in [1.29, 1.82) is 0 Å². The smallest absolute Gasteiger partial charge is 0.240 e. The minimum Gasteiger partial charge on any atom is -0.449 e. The molecule has 0 saturated carbocycles. The van der Waals surface area contributed by atoms with Crippen molar-refractivity contribution < 1.29 is 12.8 Å². The Balaban J connectivity index is 1.26. The lowest BCUT2D eigenvalue weighted by Gasteiger charge is -2.09. The van der Waals surface area contributed by atoms with Crippen molar-refractivity contribution >= 4 is 27.5 Å². The topological polar surface area (TPSA) is 135 Å². The van der Waals surface area contributed by atoms with E-state index in [-0.39, 0.29) is 11.4 Å². The predicted molar refractivity (Wildman–Crippen MR) is 125 cm³/mol. The third-order valence-electron chi connectivity index (χ3n) is 4.64. The lowest BCUT2D eigenvalue weighted by Crippen LogP contribution is -2.29. The average Bonchev–Trinajstić information content (AvgIpc) is 3.24. The van der Waals surface area contributed by atoms with E-state index in [4.69, 9.17) is 4.42 Å². The van der Waals surface area contributed by atoms with Crippen LogP contribution in [0.1, 0.15) is 11.5 Å². The number of pyridine rings is 1. The van der Waals surface area contributed by atoms with Crippen molar-refractivity contribution in [3.8, 4) is 11.3 Å². The quantitative estimate of drug-likeness (QED) is 0.318. The highest BCUT2D eigenvalue weighted by molar-refractivity contribution is 7.89. The fourth-order valence-corrected chi connectivity index (χ4v) is 4.02. The molecular weight excluding hydrogens is 442 g/mol. The van der Waals surface area contributed by atoms with Gasteiger partial charge in [0.25, 0.3) is 0 Å². The Morgan fingerprint density at radius 3 is 2.33 bits per heavy atom. The van der Waals surface area contributed by atoms with Gasteiger partial charge in [-0.3, -0.25) is 0 Å². The highest BCUT2D eigenvalue weighted by atomic mass is 32.2. The molecule has 0 aliphatic rings. The van der Waals surface area contributed by atoms with Crippen molar-refractivity contribution in [1.82, 2.24) is 24.9 Å². The predicted octanol–water partition coefficient (Wildman–Crippen LogP) is 3.28. The number of anilines is 3. The Bertz CT molecular complexity index is 1320. The molecule has 33 heavy (non-hydrogen) atoms. The van der Waals surface area contributed by atoms with Crippen LogP contribution in [0.25, 0.3) is 11.3 Å². The fourth-order valence-electron chi connectivity index (χ4n) is 2.99. The monoisotopic (exact) mass is 465 g/mol. The Labute approximate surface area is 191 Å². The Kier molecular flexibility index (Phi) is 6.61. The number of benzene rings is 1. The van der Waals surface area contributed by atoms with Crippen LogP contribution in [0.5, 0.6) is 0 Å². The third kappa shape index (κ3) is 5.90. The molecule has 4 aromatic rings. The van der Waals surface area contributed by atoms with E-state index in [2.05, 4.69) is 35.5 Å². The first-order valence-corrected chi connectivity index (χ1v) is 11.7. The van der Waals surface area contributed by atoms with Gasteiger partial charge in [-0.05, 0) is 48.9 Å². The third-order valence-corrected chi connectivity index (χ3v) is 6.12. The maximum atomic E-state index is 12.5. The van der Waals surface area contributed by atoms with Crippen LogP contribution in [0.2, 0.25) is 0 Å². The van der Waals surface area contributed by atoms with Crippen molar-refractivity contribution in [2.24, 2.45) is 0 Å². The molecular formula is C22H23N7O3S. The van der Waals surface area contributed by atoms with E-state index in [1.165, 1.54) is 18.4 Å². The standard InChI is InChI=1S/C22H23N7O3S/c1-15-9-10-23-22(13-15)27-21-8-7-20(28-29-21)24-11-12-25-33(30,31)18-5-3-17(4-6-18)19-14-32-16(2)26-19/h3-10,13-14,25H,11-12H2,1-2H3,(H,24,28)(H,23,27,29). The SMILES string of the molecule is Cc1ccnc(Nc2ccc(NCCNS(=O)(=O)c3ccc(-c4coc(C)n4)cc3)nn2)c1. The summed E-state index contributed by atoms with van der Waals surface area (Å²) in [6.45, 7) is 4.26. The summed E-state index contributed by atoms with van der Waals surface area (Å²) in [6, 6.07) is 13.8. The molecule has 0 atom stereocenters. The summed E-state index contributed by atoms with van der Waals surface area (Å²) in [7, 11) is -3.64. The molecule has 0 fully saturated rings. The molecule has 170 valence electrons. The van der Waals surface area contributed by atoms with Crippen molar-refractivity contribution in [2.75, 3.05) is 23.7 Å². The lowest BCUT2D eigenvalue weighted by molar-refractivity contribution is 0.521. The number of aromatic nitrogens is 4. The molecule has 0 amide bonds. The molecule has 3 N–H and O–H groups in total. The summed E-state index contributed by atoms with van der Waals surface area (Å²) in [4.78, 5) is 8.63. The molecule has 4 rings (SSSR count). The summed E-state index contributed by atoms with van der Waals surface area (Å²) >= 11 is 0. The van der Waals surface area contributed by atoms with Gasteiger partial charge in [0.05, 0.1) is 4.90 Å². The van der Waals surface area contributed by atoms with Crippen molar-refractivity contribution in [3.63, 3.8) is 0 Å². The van der Waals surface area contributed by atoms with E-state index in [0.717, 1.165) is 11.1 Å². The molecule has 0 spiro atoms. The number of sulfonamides is 1. The zero-order valence-electron chi connectivity index (χ0n) is 18.1. The number of rotatable bonds is 9. The van der Waals surface area contributed by atoms with Crippen molar-refractivity contribution in [3.05, 3.63) is 72.4 Å². The van der Waals surface area contributed by atoms with Crippen LogP contribution in [0, 0.1) is 13.8 Å². The molecule has 0 aliphatic carbocycles. The van der Waals surface area contributed by atoms with E-state index in [9.17, 15) is 8.42 Å². The Morgan fingerprint density at radius 1 is 0.909 bits per heavy atom. The number of hydrogen-bond acceptors (Lipinski definition) is 9. The van der Waals surface area contributed by atoms with Gasteiger partial charge in [-0.15, -0.1) is 10.2 Å². The molecule has 0 saturated heterocycles. The molecule has 10 nitrogen and oxygen atoms in total. The fraction of sp³-hybridized carbons (Fsp3) is 0.182. The summed E-state index contributed by atoms with van der Waals surface area (Å²) < 4.78 is 32.8. The second kappa shape index (κ2) is 9.76. The maximum absolute atomic E-state index is 12.5. The Hall–Kier alpha value is -3.83. The molecule has 0 radical (unpaired) electrons. The summed E-state index contributed by atoms with van der Waals surface area (Å²) in [6.07, 6.45) is 3.25. The highest BCUT2D eigenvalue weighted by Gasteiger charge is 2.14. The van der Waals surface area contributed by atoms with E-state index in [0.29, 0.717) is 35.6 Å². The minimum atomic E-state index is -3.64. The van der Waals surface area contributed by atoms with Crippen LogP contribution in [-0.4, -0.2) is 41.7 Å². The molecule has 3 heterocycles. The van der Waals surface area contributed by atoms with Gasteiger partial charge in [-0.25, -0.2) is 23.1 Å². The first-order chi connectivity index (χ1) is 15.9. The van der Waals surface area contributed by atoms with Crippen LogP contribution in [0.15, 0.2) is 70.3 Å². The Morgan fingerprint density at radius 2 is 1.67 bits per heavy atom.